The molecule has 1 amide bonds. The third kappa shape index (κ3) is 6.83. The van der Waals surface area contributed by atoms with Crippen molar-refractivity contribution < 1.29 is 15.1 Å². The van der Waals surface area contributed by atoms with Gasteiger partial charge in [0.25, 0.3) is 5.91 Å². The van der Waals surface area contributed by atoms with Crippen molar-refractivity contribution in [1.82, 2.24) is 15.3 Å². The number of nitrogens with one attached hydrogen (secondary N) is 1. The van der Waals surface area contributed by atoms with E-state index >= 15 is 0 Å². The molecule has 0 spiro atoms. The number of halogens is 1. The van der Waals surface area contributed by atoms with Crippen LogP contribution in [-0.2, 0) is 4.79 Å². The minimum atomic E-state index is -0.618. The summed E-state index contributed by atoms with van der Waals surface area (Å²) in [7, 11) is 0. The zero-order chi connectivity index (χ0) is 21.2. The van der Waals surface area contributed by atoms with Crippen molar-refractivity contribution in [1.29, 1.82) is 0 Å². The number of aliphatic hydroxyl groups excluding tert-OH is 1. The molecule has 0 bridgehead atoms. The van der Waals surface area contributed by atoms with Crippen molar-refractivity contribution in [3.05, 3.63) is 65.0 Å². The number of rotatable bonds is 8. The lowest BCUT2D eigenvalue weighted by Gasteiger charge is -2.38. The number of carbonyl (C=O) groups is 1. The second-order valence-electron chi connectivity index (χ2n) is 6.54. The third-order valence-corrected chi connectivity index (χ3v) is 5.00. The van der Waals surface area contributed by atoms with Gasteiger partial charge in [-0.25, -0.2) is 10.5 Å². The molecule has 1 aromatic rings. The number of benzene rings is 1. The normalized spacial score (nSPS) is 17.1. The van der Waals surface area contributed by atoms with Crippen molar-refractivity contribution in [2.45, 2.75) is 13.0 Å². The summed E-state index contributed by atoms with van der Waals surface area (Å²) in [5.41, 5.74) is 2.86. The minimum Gasteiger partial charge on any atom is -0.394 e. The second-order valence-corrected chi connectivity index (χ2v) is 6.98. The summed E-state index contributed by atoms with van der Waals surface area (Å²) >= 11 is 5.91. The molecule has 1 unspecified atom stereocenters. The summed E-state index contributed by atoms with van der Waals surface area (Å²) in [6.45, 7) is 8.58. The van der Waals surface area contributed by atoms with E-state index in [-0.39, 0.29) is 18.2 Å². The van der Waals surface area contributed by atoms with Crippen LogP contribution in [0.5, 0.6) is 0 Å². The van der Waals surface area contributed by atoms with Crippen molar-refractivity contribution in [3.8, 4) is 0 Å². The van der Waals surface area contributed by atoms with E-state index in [0.29, 0.717) is 23.9 Å². The molecule has 7 nitrogen and oxygen atoms in total. The molecular formula is C21H27ClN4O3. The maximum atomic E-state index is 11.5. The van der Waals surface area contributed by atoms with Gasteiger partial charge in [-0.05, 0) is 24.6 Å². The number of allylic oxidation sites excluding steroid dienone is 1. The molecule has 1 aromatic carbocycles. The zero-order valence-corrected chi connectivity index (χ0v) is 17.2. The fourth-order valence-electron chi connectivity index (χ4n) is 2.96. The predicted molar refractivity (Wildman–Crippen MR) is 116 cm³/mol. The molecule has 2 rings (SSSR count). The van der Waals surface area contributed by atoms with E-state index in [1.807, 2.05) is 41.3 Å². The van der Waals surface area contributed by atoms with Crippen molar-refractivity contribution in [3.63, 3.8) is 0 Å². The Morgan fingerprint density at radius 2 is 1.97 bits per heavy atom. The van der Waals surface area contributed by atoms with Gasteiger partial charge in [-0.1, -0.05) is 48.5 Å². The van der Waals surface area contributed by atoms with E-state index in [4.69, 9.17) is 16.8 Å². The van der Waals surface area contributed by atoms with Gasteiger partial charge in [-0.2, -0.15) is 0 Å². The Morgan fingerprint density at radius 3 is 2.52 bits per heavy atom. The summed E-state index contributed by atoms with van der Waals surface area (Å²) in [5.74, 6) is -0.0703. The molecule has 0 aliphatic carbocycles. The van der Waals surface area contributed by atoms with Gasteiger partial charge in [0.2, 0.25) is 0 Å². The molecule has 156 valence electrons. The number of hydroxylamine groups is 1. The number of aliphatic imine (C=N–C) groups is 1. The van der Waals surface area contributed by atoms with Crippen molar-refractivity contribution >= 4 is 29.8 Å². The Morgan fingerprint density at radius 1 is 1.31 bits per heavy atom. The Kier molecular flexibility index (Phi) is 9.08. The number of hydrogen-bond acceptors (Lipinski definition) is 6. The number of amides is 1. The second kappa shape index (κ2) is 11.5. The molecular weight excluding hydrogens is 392 g/mol. The van der Waals surface area contributed by atoms with Crippen molar-refractivity contribution in [2.75, 3.05) is 32.8 Å². The molecule has 1 aliphatic heterocycles. The summed E-state index contributed by atoms with van der Waals surface area (Å²) in [6.07, 6.45) is 6.92. The van der Waals surface area contributed by atoms with Gasteiger partial charge in [0.1, 0.15) is 5.82 Å². The molecule has 29 heavy (non-hydrogen) atoms. The van der Waals surface area contributed by atoms with Gasteiger partial charge < -0.3 is 10.0 Å². The lowest BCUT2D eigenvalue weighted by molar-refractivity contribution is -0.124. The number of piperazine rings is 1. The maximum absolute atomic E-state index is 11.5. The lowest BCUT2D eigenvalue weighted by atomic mass is 10.1. The molecule has 3 N–H and O–H groups in total. The van der Waals surface area contributed by atoms with Crippen LogP contribution in [0.3, 0.4) is 0 Å². The first kappa shape index (κ1) is 22.8. The summed E-state index contributed by atoms with van der Waals surface area (Å²) in [4.78, 5) is 19.9. The third-order valence-electron chi connectivity index (χ3n) is 4.74. The molecule has 1 saturated heterocycles. The van der Waals surface area contributed by atoms with Crippen LogP contribution >= 0.6 is 11.6 Å². The molecule has 1 heterocycles. The Labute approximate surface area is 176 Å². The first-order chi connectivity index (χ1) is 14.0. The molecule has 8 heteroatoms. The highest BCUT2D eigenvalue weighted by Gasteiger charge is 2.22. The van der Waals surface area contributed by atoms with E-state index in [2.05, 4.69) is 16.5 Å². The van der Waals surface area contributed by atoms with Crippen LogP contribution in [0.25, 0.3) is 6.08 Å². The SMILES string of the molecule is C=C(/N=C\C(=C/C)C(=O)NO)N1CCN(C(/C=C/c2ccc(Cl)cc2)CO)CC1. The fraction of sp³-hybridized carbons (Fsp3) is 0.333. The molecule has 0 saturated carbocycles. The van der Waals surface area contributed by atoms with Gasteiger partial charge >= 0.3 is 0 Å². The van der Waals surface area contributed by atoms with Crippen LogP contribution in [0.2, 0.25) is 5.02 Å². The Hall–Kier alpha value is -2.45. The Bertz CT molecular complexity index is 782. The molecule has 0 aromatic heterocycles. The smallest absolute Gasteiger partial charge is 0.275 e. The average molecular weight is 419 g/mol. The van der Waals surface area contributed by atoms with Crippen LogP contribution in [-0.4, -0.2) is 71.1 Å². The summed E-state index contributed by atoms with van der Waals surface area (Å²) in [6, 6.07) is 7.46. The number of carbonyl (C=O) groups excluding carboxylic acids is 1. The molecule has 1 atom stereocenters. The summed E-state index contributed by atoms with van der Waals surface area (Å²) in [5, 5.41) is 19.2. The van der Waals surface area contributed by atoms with Gasteiger partial charge in [-0.15, -0.1) is 0 Å². The van der Waals surface area contributed by atoms with Gasteiger partial charge in [0.05, 0.1) is 18.2 Å². The fourth-order valence-corrected chi connectivity index (χ4v) is 3.09. The summed E-state index contributed by atoms with van der Waals surface area (Å²) < 4.78 is 0. The largest absolute Gasteiger partial charge is 0.394 e. The molecule has 0 radical (unpaired) electrons. The van der Waals surface area contributed by atoms with Crippen molar-refractivity contribution in [2.24, 2.45) is 4.99 Å². The van der Waals surface area contributed by atoms with E-state index < -0.39 is 5.91 Å². The van der Waals surface area contributed by atoms with E-state index in [1.54, 1.807) is 18.5 Å². The van der Waals surface area contributed by atoms with Crippen LogP contribution in [0.4, 0.5) is 0 Å². The molecule has 1 aliphatic rings. The standard InChI is InChI=1S/C21H27ClN4O3/c1-3-18(21(28)24-29)14-23-16(2)25-10-12-26(13-11-25)20(15-27)9-6-17-4-7-19(22)8-5-17/h3-9,14,20,27,29H,2,10-13,15H2,1H3,(H,24,28)/b9-6+,18-3+,23-14-. The quantitative estimate of drug-likeness (QED) is 0.261. The van der Waals surface area contributed by atoms with E-state index in [9.17, 15) is 9.90 Å². The van der Waals surface area contributed by atoms with Crippen LogP contribution in [0.1, 0.15) is 12.5 Å². The maximum Gasteiger partial charge on any atom is 0.275 e. The lowest BCUT2D eigenvalue weighted by Crippen LogP contribution is -2.50. The monoisotopic (exact) mass is 418 g/mol. The van der Waals surface area contributed by atoms with Crippen LogP contribution in [0, 0.1) is 0 Å². The minimum absolute atomic E-state index is 0.0319. The zero-order valence-electron chi connectivity index (χ0n) is 16.5. The predicted octanol–water partition coefficient (Wildman–Crippen LogP) is 2.33. The topological polar surface area (TPSA) is 88.4 Å². The highest BCUT2D eigenvalue weighted by atomic mass is 35.5. The van der Waals surface area contributed by atoms with E-state index in [0.717, 1.165) is 18.7 Å². The first-order valence-electron chi connectivity index (χ1n) is 9.35. The van der Waals surface area contributed by atoms with Crippen LogP contribution < -0.4 is 5.48 Å². The van der Waals surface area contributed by atoms with Gasteiger partial charge in [0, 0.05) is 37.4 Å². The number of nitrogens with zero attached hydrogens (tertiary/aromatic N) is 3. The molecule has 1 fully saturated rings. The first-order valence-corrected chi connectivity index (χ1v) is 9.73. The highest BCUT2D eigenvalue weighted by molar-refractivity contribution is 6.30. The van der Waals surface area contributed by atoms with Gasteiger partial charge in [-0.3, -0.25) is 14.9 Å². The Balaban J connectivity index is 1.90. The average Bonchev–Trinajstić information content (AvgIpc) is 2.75. The van der Waals surface area contributed by atoms with E-state index in [1.165, 1.54) is 6.21 Å². The highest BCUT2D eigenvalue weighted by Crippen LogP contribution is 2.15. The van der Waals surface area contributed by atoms with Gasteiger partial charge in [0.15, 0.2) is 0 Å². The van der Waals surface area contributed by atoms with Crippen LogP contribution in [0.15, 0.2) is 59.4 Å². The number of hydrogen-bond donors (Lipinski definition) is 3. The number of aliphatic hydroxyl groups is 1.